The van der Waals surface area contributed by atoms with Crippen molar-refractivity contribution in [1.29, 1.82) is 0 Å². The van der Waals surface area contributed by atoms with Gasteiger partial charge in [-0.3, -0.25) is 0 Å². The minimum atomic E-state index is -1.10. The van der Waals surface area contributed by atoms with Gasteiger partial charge in [-0.05, 0) is 12.3 Å². The number of carbonyl (C=O) groups excluding carboxylic acids is 1. The van der Waals surface area contributed by atoms with E-state index in [9.17, 15) is 9.90 Å². The molecule has 0 bridgehead atoms. The smallest absolute Gasteiger partial charge is 0.0616 e. The lowest BCUT2D eigenvalue weighted by atomic mass is 10.2. The average molecular weight is 128 g/mol. The van der Waals surface area contributed by atoms with Gasteiger partial charge in [-0.1, -0.05) is 13.3 Å². The molecule has 3 heteroatoms. The van der Waals surface area contributed by atoms with Crippen molar-refractivity contribution in [3.05, 3.63) is 0 Å². The van der Waals surface area contributed by atoms with Gasteiger partial charge >= 0.3 is 0 Å². The van der Waals surface area contributed by atoms with Gasteiger partial charge in [0.25, 0.3) is 0 Å². The van der Waals surface area contributed by atoms with Gasteiger partial charge in [0, 0.05) is 0 Å². The summed E-state index contributed by atoms with van der Waals surface area (Å²) >= 11 is 0. The van der Waals surface area contributed by atoms with Crippen molar-refractivity contribution >= 4 is 5.97 Å². The van der Waals surface area contributed by atoms with Gasteiger partial charge in [-0.25, -0.2) is 0 Å². The van der Waals surface area contributed by atoms with E-state index < -0.39 is 11.5 Å². The number of hydrogen-bond acceptors (Lipinski definition) is 3. The minimum absolute atomic E-state index is 0.155. The van der Waals surface area contributed by atoms with E-state index in [2.05, 4.69) is 0 Å². The number of carbonyl (C=O) groups is 1. The predicted molar refractivity (Wildman–Crippen MR) is 30.3 cm³/mol. The second-order valence-corrected chi connectivity index (χ2v) is 2.64. The van der Waals surface area contributed by atoms with Crippen LogP contribution in [0.4, 0.5) is 0 Å². The Hall–Kier alpha value is -0.570. The molecule has 0 aromatic heterocycles. The molecule has 1 aliphatic carbocycles. The van der Waals surface area contributed by atoms with Gasteiger partial charge in [0.1, 0.15) is 0 Å². The van der Waals surface area contributed by atoms with Crippen LogP contribution in [0.3, 0.4) is 0 Å². The maximum atomic E-state index is 10.2. The molecule has 0 aromatic carbocycles. The summed E-state index contributed by atoms with van der Waals surface area (Å²) < 4.78 is 0. The molecule has 2 atom stereocenters. The summed E-state index contributed by atoms with van der Waals surface area (Å²) in [7, 11) is 0. The van der Waals surface area contributed by atoms with E-state index in [0.29, 0.717) is 6.42 Å². The van der Waals surface area contributed by atoms with Crippen molar-refractivity contribution in [2.45, 2.75) is 25.3 Å². The Morgan fingerprint density at radius 3 is 2.67 bits per heavy atom. The van der Waals surface area contributed by atoms with E-state index in [4.69, 9.17) is 5.73 Å². The van der Waals surface area contributed by atoms with E-state index in [-0.39, 0.29) is 5.92 Å². The van der Waals surface area contributed by atoms with Gasteiger partial charge in [0.05, 0.1) is 11.5 Å². The molecule has 1 saturated carbocycles. The Labute approximate surface area is 53.9 Å². The maximum Gasteiger partial charge on any atom is 0.0616 e. The normalized spacial score (nSPS) is 40.4. The topological polar surface area (TPSA) is 66.2 Å². The quantitative estimate of drug-likeness (QED) is 0.511. The second-order valence-electron chi connectivity index (χ2n) is 2.64. The molecule has 0 spiro atoms. The minimum Gasteiger partial charge on any atom is -0.548 e. The molecule has 0 heterocycles. The highest BCUT2D eigenvalue weighted by Crippen LogP contribution is 2.42. The van der Waals surface area contributed by atoms with Crippen LogP contribution in [0.25, 0.3) is 0 Å². The van der Waals surface area contributed by atoms with Crippen LogP contribution in [0, 0.1) is 5.92 Å². The summed E-state index contributed by atoms with van der Waals surface area (Å²) in [4.78, 5) is 10.2. The van der Waals surface area contributed by atoms with Crippen LogP contribution in [0.5, 0.6) is 0 Å². The molecule has 0 aromatic rings. The second kappa shape index (κ2) is 1.70. The fourth-order valence-electron chi connectivity index (χ4n) is 1.11. The zero-order valence-electron chi connectivity index (χ0n) is 5.39. The number of carboxylic acid groups (broad SMARTS) is 1. The first-order chi connectivity index (χ1) is 4.11. The number of aliphatic carboxylic acids is 1. The van der Waals surface area contributed by atoms with Crippen LogP contribution in [0.15, 0.2) is 0 Å². The molecule has 0 radical (unpaired) electrons. The van der Waals surface area contributed by atoms with Crippen molar-refractivity contribution in [3.63, 3.8) is 0 Å². The third kappa shape index (κ3) is 0.812. The zero-order valence-corrected chi connectivity index (χ0v) is 5.39. The van der Waals surface area contributed by atoms with Crippen molar-refractivity contribution in [3.8, 4) is 0 Å². The lowest BCUT2D eigenvalue weighted by molar-refractivity contribution is -0.309. The molecule has 9 heavy (non-hydrogen) atoms. The summed E-state index contributed by atoms with van der Waals surface area (Å²) in [6.45, 7) is 1.93. The van der Waals surface area contributed by atoms with E-state index >= 15 is 0 Å². The molecule has 0 amide bonds. The molecule has 3 nitrogen and oxygen atoms in total. The van der Waals surface area contributed by atoms with Gasteiger partial charge in [0.15, 0.2) is 0 Å². The summed E-state index contributed by atoms with van der Waals surface area (Å²) in [6.07, 6.45) is 1.43. The summed E-state index contributed by atoms with van der Waals surface area (Å²) in [6, 6.07) is 0. The van der Waals surface area contributed by atoms with Crippen LogP contribution >= 0.6 is 0 Å². The Kier molecular flexibility index (Phi) is 1.24. The lowest BCUT2D eigenvalue weighted by Gasteiger charge is -2.10. The predicted octanol–water partition coefficient (Wildman–Crippen LogP) is -1.14. The van der Waals surface area contributed by atoms with Gasteiger partial charge in [-0.2, -0.15) is 0 Å². The third-order valence-electron chi connectivity index (χ3n) is 2.03. The molecule has 0 saturated heterocycles. The van der Waals surface area contributed by atoms with Crippen LogP contribution in [-0.2, 0) is 4.79 Å². The Morgan fingerprint density at radius 2 is 2.56 bits per heavy atom. The number of nitrogens with two attached hydrogens (primary N) is 1. The van der Waals surface area contributed by atoms with E-state index in [0.717, 1.165) is 6.42 Å². The highest BCUT2D eigenvalue weighted by atomic mass is 16.4. The molecule has 1 rings (SSSR count). The maximum absolute atomic E-state index is 10.2. The fraction of sp³-hybridized carbons (Fsp3) is 0.833. The van der Waals surface area contributed by atoms with Crippen molar-refractivity contribution in [2.24, 2.45) is 11.7 Å². The number of carboxylic acids is 1. The molecular weight excluding hydrogens is 118 g/mol. The highest BCUT2D eigenvalue weighted by molar-refractivity contribution is 5.80. The SMILES string of the molecule is CCC1CC1(N)C(=O)[O-]. The van der Waals surface area contributed by atoms with Crippen LogP contribution in [-0.4, -0.2) is 11.5 Å². The van der Waals surface area contributed by atoms with Crippen LogP contribution in [0.1, 0.15) is 19.8 Å². The van der Waals surface area contributed by atoms with Crippen LogP contribution in [0.2, 0.25) is 0 Å². The van der Waals surface area contributed by atoms with Crippen molar-refractivity contribution in [2.75, 3.05) is 0 Å². The fourth-order valence-corrected chi connectivity index (χ4v) is 1.11. The zero-order chi connectivity index (χ0) is 7.07. The monoisotopic (exact) mass is 128 g/mol. The number of rotatable bonds is 2. The molecule has 0 aliphatic heterocycles. The van der Waals surface area contributed by atoms with E-state index in [1.807, 2.05) is 6.92 Å². The first-order valence-corrected chi connectivity index (χ1v) is 3.11. The third-order valence-corrected chi connectivity index (χ3v) is 2.03. The van der Waals surface area contributed by atoms with Gasteiger partial charge in [0.2, 0.25) is 0 Å². The van der Waals surface area contributed by atoms with E-state index in [1.165, 1.54) is 0 Å². The summed E-state index contributed by atoms with van der Waals surface area (Å²) in [5, 5.41) is 10.2. The molecule has 52 valence electrons. The summed E-state index contributed by atoms with van der Waals surface area (Å²) in [5.41, 5.74) is 4.40. The lowest BCUT2D eigenvalue weighted by Crippen LogP contribution is -2.45. The molecule has 2 N–H and O–H groups in total. The highest BCUT2D eigenvalue weighted by Gasteiger charge is 2.50. The Bertz CT molecular complexity index is 146. The number of hydrogen-bond donors (Lipinski definition) is 1. The first kappa shape index (κ1) is 6.55. The van der Waals surface area contributed by atoms with Crippen LogP contribution < -0.4 is 10.8 Å². The largest absolute Gasteiger partial charge is 0.548 e. The van der Waals surface area contributed by atoms with Gasteiger partial charge < -0.3 is 15.6 Å². The van der Waals surface area contributed by atoms with E-state index in [1.54, 1.807) is 0 Å². The molecule has 1 fully saturated rings. The van der Waals surface area contributed by atoms with Crippen molar-refractivity contribution < 1.29 is 9.90 Å². The first-order valence-electron chi connectivity index (χ1n) is 3.11. The van der Waals surface area contributed by atoms with Crippen molar-refractivity contribution in [1.82, 2.24) is 0 Å². The van der Waals surface area contributed by atoms with Gasteiger partial charge in [-0.15, -0.1) is 0 Å². The Morgan fingerprint density at radius 1 is 2.00 bits per heavy atom. The Balaban J connectivity index is 2.52. The average Bonchev–Trinajstić information content (AvgIpc) is 2.44. The molecule has 1 aliphatic rings. The molecular formula is C6H10NO2-. The standard InChI is InChI=1S/C6H11NO2/c1-2-4-3-6(4,7)5(8)9/h4H,2-3,7H2,1H3,(H,8,9)/p-1. The summed E-state index contributed by atoms with van der Waals surface area (Å²) in [5.74, 6) is -0.947. The molecule has 2 unspecified atom stereocenters.